The molecule has 98 valence electrons. The number of halogens is 1. The topological polar surface area (TPSA) is 45.2 Å². The van der Waals surface area contributed by atoms with Gasteiger partial charge in [-0.2, -0.15) is 0 Å². The van der Waals surface area contributed by atoms with E-state index in [2.05, 4.69) is 38.1 Å². The van der Waals surface area contributed by atoms with Crippen LogP contribution < -0.4 is 5.32 Å². The number of amides is 1. The standard InChI is InChI=1S/C13H18BrN3O/c1-2-17-4-3-10(9-17)6-16-13(18)11-5-12(14)8-15-7-11/h5,7-8,10H,2-4,6,9H2,1H3,(H,16,18). The molecule has 0 spiro atoms. The number of rotatable bonds is 4. The fraction of sp³-hybridized carbons (Fsp3) is 0.538. The van der Waals surface area contributed by atoms with Gasteiger partial charge in [0.2, 0.25) is 0 Å². The Hall–Kier alpha value is -0.940. The molecule has 1 amide bonds. The lowest BCUT2D eigenvalue weighted by Crippen LogP contribution is -2.31. The van der Waals surface area contributed by atoms with Crippen molar-refractivity contribution in [3.63, 3.8) is 0 Å². The summed E-state index contributed by atoms with van der Waals surface area (Å²) >= 11 is 3.32. The smallest absolute Gasteiger partial charge is 0.252 e. The summed E-state index contributed by atoms with van der Waals surface area (Å²) in [6.45, 7) is 6.26. The van der Waals surface area contributed by atoms with Crippen LogP contribution >= 0.6 is 15.9 Å². The fourth-order valence-electron chi connectivity index (χ4n) is 2.24. The number of nitrogens with zero attached hydrogens (tertiary/aromatic N) is 2. The third-order valence-corrected chi connectivity index (χ3v) is 3.77. The molecule has 2 heterocycles. The van der Waals surface area contributed by atoms with Crippen LogP contribution in [0.15, 0.2) is 22.9 Å². The van der Waals surface area contributed by atoms with E-state index in [1.165, 1.54) is 6.42 Å². The third-order valence-electron chi connectivity index (χ3n) is 3.34. The van der Waals surface area contributed by atoms with Gasteiger partial charge in [0, 0.05) is 30.0 Å². The second-order valence-electron chi connectivity index (χ2n) is 4.65. The Bertz CT molecular complexity index is 424. The molecule has 0 aliphatic carbocycles. The first-order chi connectivity index (χ1) is 8.69. The minimum absolute atomic E-state index is 0.0428. The van der Waals surface area contributed by atoms with E-state index in [0.29, 0.717) is 11.5 Å². The van der Waals surface area contributed by atoms with Crippen LogP contribution in [0.2, 0.25) is 0 Å². The normalized spacial score (nSPS) is 20.0. The average molecular weight is 312 g/mol. The number of pyridine rings is 1. The molecule has 1 fully saturated rings. The van der Waals surface area contributed by atoms with Crippen LogP contribution in [0.4, 0.5) is 0 Å². The molecule has 0 aromatic carbocycles. The number of carbonyl (C=O) groups is 1. The van der Waals surface area contributed by atoms with Crippen LogP contribution in [0, 0.1) is 5.92 Å². The lowest BCUT2D eigenvalue weighted by atomic mass is 10.1. The zero-order chi connectivity index (χ0) is 13.0. The van der Waals surface area contributed by atoms with Crippen molar-refractivity contribution in [2.75, 3.05) is 26.2 Å². The van der Waals surface area contributed by atoms with Gasteiger partial charge in [-0.1, -0.05) is 6.92 Å². The Morgan fingerprint density at radius 3 is 3.11 bits per heavy atom. The molecule has 0 saturated carbocycles. The summed E-state index contributed by atoms with van der Waals surface area (Å²) in [5.41, 5.74) is 0.606. The van der Waals surface area contributed by atoms with E-state index in [0.717, 1.165) is 30.7 Å². The first kappa shape index (κ1) is 13.5. The van der Waals surface area contributed by atoms with E-state index >= 15 is 0 Å². The van der Waals surface area contributed by atoms with E-state index in [1.54, 1.807) is 18.5 Å². The van der Waals surface area contributed by atoms with Crippen LogP contribution in [0.25, 0.3) is 0 Å². The predicted octanol–water partition coefficient (Wildman–Crippen LogP) is 1.92. The van der Waals surface area contributed by atoms with Crippen LogP contribution in [0.5, 0.6) is 0 Å². The molecule has 1 atom stereocenters. The Kier molecular flexibility index (Phi) is 4.72. The second-order valence-corrected chi connectivity index (χ2v) is 5.57. The van der Waals surface area contributed by atoms with E-state index in [-0.39, 0.29) is 5.91 Å². The highest BCUT2D eigenvalue weighted by atomic mass is 79.9. The molecule has 2 rings (SSSR count). The average Bonchev–Trinajstić information content (AvgIpc) is 2.84. The van der Waals surface area contributed by atoms with Gasteiger partial charge in [0.15, 0.2) is 0 Å². The third kappa shape index (κ3) is 3.53. The summed E-state index contributed by atoms with van der Waals surface area (Å²) < 4.78 is 0.827. The molecular formula is C13H18BrN3O. The van der Waals surface area contributed by atoms with E-state index < -0.39 is 0 Å². The number of hydrogen-bond acceptors (Lipinski definition) is 3. The van der Waals surface area contributed by atoms with Gasteiger partial charge in [-0.15, -0.1) is 0 Å². The van der Waals surface area contributed by atoms with Crippen LogP contribution in [-0.2, 0) is 0 Å². The first-order valence-electron chi connectivity index (χ1n) is 6.30. The van der Waals surface area contributed by atoms with Crippen LogP contribution in [-0.4, -0.2) is 42.0 Å². The summed E-state index contributed by atoms with van der Waals surface area (Å²) in [5.74, 6) is 0.535. The molecule has 0 bridgehead atoms. The Balaban J connectivity index is 1.82. The quantitative estimate of drug-likeness (QED) is 0.924. The van der Waals surface area contributed by atoms with Gasteiger partial charge in [-0.3, -0.25) is 9.78 Å². The summed E-state index contributed by atoms with van der Waals surface area (Å²) in [5, 5.41) is 2.99. The predicted molar refractivity (Wildman–Crippen MR) is 74.5 cm³/mol. The Morgan fingerprint density at radius 2 is 2.44 bits per heavy atom. The molecular weight excluding hydrogens is 294 g/mol. The molecule has 18 heavy (non-hydrogen) atoms. The van der Waals surface area contributed by atoms with E-state index in [1.807, 2.05) is 0 Å². The number of likely N-dealkylation sites (tertiary alicyclic amines) is 1. The number of carbonyl (C=O) groups excluding carboxylic acids is 1. The molecule has 1 unspecified atom stereocenters. The SMILES string of the molecule is CCN1CCC(CNC(=O)c2cncc(Br)c2)C1. The van der Waals surface area contributed by atoms with Crippen molar-refractivity contribution in [1.29, 1.82) is 0 Å². The maximum Gasteiger partial charge on any atom is 0.252 e. The van der Waals surface area contributed by atoms with Gasteiger partial charge >= 0.3 is 0 Å². The van der Waals surface area contributed by atoms with Crippen molar-refractivity contribution >= 4 is 21.8 Å². The molecule has 1 aromatic rings. The Labute approximate surface area is 116 Å². The monoisotopic (exact) mass is 311 g/mol. The molecule has 5 heteroatoms. The minimum atomic E-state index is -0.0428. The lowest BCUT2D eigenvalue weighted by Gasteiger charge is -2.13. The highest BCUT2D eigenvalue weighted by molar-refractivity contribution is 9.10. The largest absolute Gasteiger partial charge is 0.352 e. The zero-order valence-corrected chi connectivity index (χ0v) is 12.1. The zero-order valence-electron chi connectivity index (χ0n) is 10.5. The van der Waals surface area contributed by atoms with Gasteiger partial charge < -0.3 is 10.2 Å². The highest BCUT2D eigenvalue weighted by Gasteiger charge is 2.21. The fourth-order valence-corrected chi connectivity index (χ4v) is 2.61. The van der Waals surface area contributed by atoms with Gasteiger partial charge in [0.1, 0.15) is 0 Å². The van der Waals surface area contributed by atoms with Gasteiger partial charge in [-0.25, -0.2) is 0 Å². The van der Waals surface area contributed by atoms with Crippen molar-refractivity contribution in [3.8, 4) is 0 Å². The molecule has 1 saturated heterocycles. The number of aromatic nitrogens is 1. The summed E-state index contributed by atoms with van der Waals surface area (Å²) in [7, 11) is 0. The summed E-state index contributed by atoms with van der Waals surface area (Å²) in [6, 6.07) is 1.79. The first-order valence-corrected chi connectivity index (χ1v) is 7.09. The molecule has 1 aliphatic rings. The van der Waals surface area contributed by atoms with Crippen LogP contribution in [0.1, 0.15) is 23.7 Å². The molecule has 1 aliphatic heterocycles. The number of nitrogens with one attached hydrogen (secondary N) is 1. The highest BCUT2D eigenvalue weighted by Crippen LogP contribution is 2.15. The van der Waals surface area contributed by atoms with Crippen molar-refractivity contribution in [3.05, 3.63) is 28.5 Å². The number of hydrogen-bond donors (Lipinski definition) is 1. The maximum absolute atomic E-state index is 11.9. The van der Waals surface area contributed by atoms with E-state index in [4.69, 9.17) is 0 Å². The van der Waals surface area contributed by atoms with Crippen molar-refractivity contribution in [1.82, 2.24) is 15.2 Å². The Morgan fingerprint density at radius 1 is 1.61 bits per heavy atom. The van der Waals surface area contributed by atoms with Gasteiger partial charge in [0.25, 0.3) is 5.91 Å². The van der Waals surface area contributed by atoms with Gasteiger partial charge in [0.05, 0.1) is 5.56 Å². The second kappa shape index (κ2) is 6.29. The molecule has 1 N–H and O–H groups in total. The molecule has 0 radical (unpaired) electrons. The molecule has 4 nitrogen and oxygen atoms in total. The summed E-state index contributed by atoms with van der Waals surface area (Å²) in [4.78, 5) is 18.3. The van der Waals surface area contributed by atoms with Crippen molar-refractivity contribution < 1.29 is 4.79 Å². The molecule has 1 aromatic heterocycles. The maximum atomic E-state index is 11.9. The van der Waals surface area contributed by atoms with Crippen molar-refractivity contribution in [2.45, 2.75) is 13.3 Å². The van der Waals surface area contributed by atoms with Crippen molar-refractivity contribution in [2.24, 2.45) is 5.92 Å². The van der Waals surface area contributed by atoms with Crippen LogP contribution in [0.3, 0.4) is 0 Å². The summed E-state index contributed by atoms with van der Waals surface area (Å²) in [6.07, 6.45) is 4.44. The van der Waals surface area contributed by atoms with Gasteiger partial charge in [-0.05, 0) is 47.4 Å². The van der Waals surface area contributed by atoms with E-state index in [9.17, 15) is 4.79 Å². The lowest BCUT2D eigenvalue weighted by molar-refractivity contribution is 0.0947. The minimum Gasteiger partial charge on any atom is -0.352 e.